The molecule has 1 heterocycles. The van der Waals surface area contributed by atoms with Crippen LogP contribution < -0.4 is 10.1 Å². The maximum absolute atomic E-state index is 12.3. The molecule has 0 aliphatic rings. The number of halogens is 1. The van der Waals surface area contributed by atoms with Gasteiger partial charge in [0, 0.05) is 11.6 Å². The lowest BCUT2D eigenvalue weighted by atomic mass is 10.1. The van der Waals surface area contributed by atoms with Gasteiger partial charge in [-0.2, -0.15) is 5.10 Å². The van der Waals surface area contributed by atoms with Gasteiger partial charge in [-0.1, -0.05) is 41.9 Å². The first kappa shape index (κ1) is 20.4. The Balaban J connectivity index is 1.51. The van der Waals surface area contributed by atoms with E-state index in [0.717, 1.165) is 11.3 Å². The number of carbonyl (C=O) groups is 2. The van der Waals surface area contributed by atoms with E-state index in [4.69, 9.17) is 21.1 Å². The van der Waals surface area contributed by atoms with Crippen molar-refractivity contribution in [3.8, 4) is 11.4 Å². The molecule has 0 fully saturated rings. The summed E-state index contributed by atoms with van der Waals surface area (Å²) in [6.07, 6.45) is 2.23. The van der Waals surface area contributed by atoms with Crippen LogP contribution in [0.15, 0.2) is 60.8 Å². The molecule has 0 unspecified atom stereocenters. The minimum atomic E-state index is -0.732. The fourth-order valence-electron chi connectivity index (χ4n) is 2.61. The van der Waals surface area contributed by atoms with Gasteiger partial charge >= 0.3 is 5.97 Å². The Hall–Kier alpha value is -3.32. The molecule has 3 aromatic rings. The summed E-state index contributed by atoms with van der Waals surface area (Å²) in [4.78, 5) is 24.3. The molecule has 1 N–H and O–H groups in total. The number of hydrogen-bond donors (Lipinski definition) is 1. The highest BCUT2D eigenvalue weighted by Crippen LogP contribution is 2.20. The second-order valence-corrected chi connectivity index (χ2v) is 6.57. The quantitative estimate of drug-likeness (QED) is 0.574. The van der Waals surface area contributed by atoms with Crippen molar-refractivity contribution in [2.24, 2.45) is 0 Å². The molecule has 2 aromatic carbocycles. The van der Waals surface area contributed by atoms with E-state index in [1.54, 1.807) is 18.3 Å². The molecule has 7 nitrogen and oxygen atoms in total. The number of para-hydroxylation sites is 1. The Morgan fingerprint density at radius 2 is 1.83 bits per heavy atom. The van der Waals surface area contributed by atoms with Gasteiger partial charge in [-0.3, -0.25) is 4.79 Å². The zero-order valence-electron chi connectivity index (χ0n) is 15.8. The maximum atomic E-state index is 12.3. The predicted octanol–water partition coefficient (Wildman–Crippen LogP) is 3.05. The fraction of sp³-hybridized carbons (Fsp3) is 0.190. The third-order valence-corrected chi connectivity index (χ3v) is 4.35. The van der Waals surface area contributed by atoms with Crippen molar-refractivity contribution < 1.29 is 19.1 Å². The third kappa shape index (κ3) is 5.58. The van der Waals surface area contributed by atoms with Gasteiger partial charge in [0.2, 0.25) is 5.69 Å². The van der Waals surface area contributed by atoms with Gasteiger partial charge in [0.05, 0.1) is 19.0 Å². The van der Waals surface area contributed by atoms with Crippen LogP contribution in [0.5, 0.6) is 5.75 Å². The number of benzene rings is 2. The first-order chi connectivity index (χ1) is 14.1. The van der Waals surface area contributed by atoms with Gasteiger partial charge in [-0.05, 0) is 36.2 Å². The van der Waals surface area contributed by atoms with E-state index >= 15 is 0 Å². The summed E-state index contributed by atoms with van der Waals surface area (Å²) in [5.41, 5.74) is 1.82. The number of aromatic nitrogens is 2. The highest BCUT2D eigenvalue weighted by atomic mass is 35.5. The average Bonchev–Trinajstić information content (AvgIpc) is 3.19. The minimum absolute atomic E-state index is 0.00492. The number of hydrogen-bond acceptors (Lipinski definition) is 5. The largest absolute Gasteiger partial charge is 0.493 e. The summed E-state index contributed by atoms with van der Waals surface area (Å²) in [6.45, 7) is 0.0186. The summed E-state index contributed by atoms with van der Waals surface area (Å²) in [5.74, 6) is -0.861. The molecule has 0 saturated heterocycles. The molecular weight excluding hydrogens is 394 g/mol. The van der Waals surface area contributed by atoms with Gasteiger partial charge in [-0.15, -0.1) is 0 Å². The monoisotopic (exact) mass is 413 g/mol. The Labute approximate surface area is 173 Å². The highest BCUT2D eigenvalue weighted by molar-refractivity contribution is 6.30. The number of nitrogens with zero attached hydrogens (tertiary/aromatic N) is 2. The molecule has 0 aliphatic carbocycles. The van der Waals surface area contributed by atoms with Crippen molar-refractivity contribution in [1.29, 1.82) is 0 Å². The van der Waals surface area contributed by atoms with Crippen LogP contribution in [0.3, 0.4) is 0 Å². The van der Waals surface area contributed by atoms with Gasteiger partial charge in [0.1, 0.15) is 0 Å². The second-order valence-electron chi connectivity index (χ2n) is 6.13. The third-order valence-electron chi connectivity index (χ3n) is 4.10. The first-order valence-electron chi connectivity index (χ1n) is 8.94. The lowest BCUT2D eigenvalue weighted by Gasteiger charge is -2.06. The van der Waals surface area contributed by atoms with E-state index in [0.29, 0.717) is 18.0 Å². The molecule has 1 amide bonds. The Bertz CT molecular complexity index is 971. The van der Waals surface area contributed by atoms with Gasteiger partial charge < -0.3 is 14.8 Å². The Kier molecular flexibility index (Phi) is 6.86. The minimum Gasteiger partial charge on any atom is -0.493 e. The van der Waals surface area contributed by atoms with E-state index in [2.05, 4.69) is 10.4 Å². The number of carbonyl (C=O) groups excluding carboxylic acids is 2. The van der Waals surface area contributed by atoms with Crippen LogP contribution in [-0.4, -0.2) is 41.9 Å². The van der Waals surface area contributed by atoms with E-state index in [1.165, 1.54) is 11.8 Å². The smallest absolute Gasteiger partial charge is 0.363 e. The lowest BCUT2D eigenvalue weighted by Crippen LogP contribution is -2.30. The SMILES string of the molecule is COc1cn(-c2ccccc2)nc1C(=O)OCC(=O)NCCc1ccc(Cl)cc1. The van der Waals surface area contributed by atoms with Gasteiger partial charge in [0.25, 0.3) is 5.91 Å². The molecule has 0 bridgehead atoms. The molecule has 0 aliphatic heterocycles. The van der Waals surface area contributed by atoms with Gasteiger partial charge in [0.15, 0.2) is 12.4 Å². The maximum Gasteiger partial charge on any atom is 0.363 e. The lowest BCUT2D eigenvalue weighted by molar-refractivity contribution is -0.124. The highest BCUT2D eigenvalue weighted by Gasteiger charge is 2.20. The standard InChI is InChI=1S/C21H20ClN3O4/c1-28-18-13-25(17-5-3-2-4-6-17)24-20(18)21(27)29-14-19(26)23-12-11-15-7-9-16(22)10-8-15/h2-10,13H,11-12,14H2,1H3,(H,23,26). The van der Waals surface area contributed by atoms with Crippen molar-refractivity contribution in [2.75, 3.05) is 20.3 Å². The van der Waals surface area contributed by atoms with Crippen LogP contribution in [0.25, 0.3) is 5.69 Å². The molecule has 0 radical (unpaired) electrons. The zero-order valence-corrected chi connectivity index (χ0v) is 16.6. The molecule has 0 spiro atoms. The molecule has 0 saturated carbocycles. The van der Waals surface area contributed by atoms with Crippen LogP contribution in [0.1, 0.15) is 16.1 Å². The number of amides is 1. The predicted molar refractivity (Wildman–Crippen MR) is 109 cm³/mol. The molecule has 150 valence electrons. The summed E-state index contributed by atoms with van der Waals surface area (Å²) in [7, 11) is 1.44. The van der Waals surface area contributed by atoms with E-state index in [1.807, 2.05) is 42.5 Å². The second kappa shape index (κ2) is 9.75. The number of methoxy groups -OCH3 is 1. The van der Waals surface area contributed by atoms with Crippen molar-refractivity contribution in [3.05, 3.63) is 77.1 Å². The normalized spacial score (nSPS) is 10.4. The van der Waals surface area contributed by atoms with Crippen LogP contribution in [0, 0.1) is 0 Å². The average molecular weight is 414 g/mol. The number of ether oxygens (including phenoxy) is 2. The summed E-state index contributed by atoms with van der Waals surface area (Å²) in [6, 6.07) is 16.7. The van der Waals surface area contributed by atoms with E-state index in [-0.39, 0.29) is 11.4 Å². The van der Waals surface area contributed by atoms with Crippen molar-refractivity contribution in [3.63, 3.8) is 0 Å². The van der Waals surface area contributed by atoms with Gasteiger partial charge in [-0.25, -0.2) is 9.48 Å². The van der Waals surface area contributed by atoms with Crippen molar-refractivity contribution in [2.45, 2.75) is 6.42 Å². The summed E-state index contributed by atoms with van der Waals surface area (Å²) < 4.78 is 11.8. The van der Waals surface area contributed by atoms with E-state index < -0.39 is 18.5 Å². The molecule has 29 heavy (non-hydrogen) atoms. The van der Waals surface area contributed by atoms with Crippen LogP contribution >= 0.6 is 11.6 Å². The van der Waals surface area contributed by atoms with Crippen LogP contribution in [-0.2, 0) is 16.0 Å². The topological polar surface area (TPSA) is 82.5 Å². The first-order valence-corrected chi connectivity index (χ1v) is 9.32. The molecule has 3 rings (SSSR count). The summed E-state index contributed by atoms with van der Waals surface area (Å²) >= 11 is 5.84. The number of esters is 1. The van der Waals surface area contributed by atoms with E-state index in [9.17, 15) is 9.59 Å². The van der Waals surface area contributed by atoms with Crippen molar-refractivity contribution >= 4 is 23.5 Å². The Morgan fingerprint density at radius 1 is 1.10 bits per heavy atom. The summed E-state index contributed by atoms with van der Waals surface area (Å²) in [5, 5.41) is 7.58. The fourth-order valence-corrected chi connectivity index (χ4v) is 2.74. The zero-order chi connectivity index (χ0) is 20.6. The Morgan fingerprint density at radius 3 is 2.52 bits per heavy atom. The van der Waals surface area contributed by atoms with Crippen molar-refractivity contribution in [1.82, 2.24) is 15.1 Å². The molecule has 1 aromatic heterocycles. The molecule has 8 heteroatoms. The van der Waals surface area contributed by atoms with Crippen LogP contribution in [0.2, 0.25) is 5.02 Å². The molecule has 0 atom stereocenters. The number of rotatable bonds is 8. The molecular formula is C21H20ClN3O4. The number of nitrogens with one attached hydrogen (secondary N) is 1. The van der Waals surface area contributed by atoms with Crippen LogP contribution in [0.4, 0.5) is 0 Å².